The standard InChI is InChI=1S/C12H21NO4/c1-7(2)8-6-12(8,9(14)15)13-10(16)17-11(3,4)5/h7-8H,6H2,1-5H3,(H,13,16)(H,14,15)/t8-,12+/m1/s1. The molecule has 1 saturated carbocycles. The summed E-state index contributed by atoms with van der Waals surface area (Å²) in [4.78, 5) is 22.8. The molecule has 1 fully saturated rings. The van der Waals surface area contributed by atoms with Crippen molar-refractivity contribution >= 4 is 12.1 Å². The number of amides is 1. The molecule has 1 rings (SSSR count). The molecule has 0 spiro atoms. The first kappa shape index (κ1) is 13.8. The summed E-state index contributed by atoms with van der Waals surface area (Å²) < 4.78 is 5.08. The van der Waals surface area contributed by atoms with E-state index in [1.807, 2.05) is 13.8 Å². The van der Waals surface area contributed by atoms with Gasteiger partial charge in [0.15, 0.2) is 0 Å². The van der Waals surface area contributed by atoms with Crippen molar-refractivity contribution in [2.24, 2.45) is 11.8 Å². The third-order valence-electron chi connectivity index (χ3n) is 2.93. The highest BCUT2D eigenvalue weighted by atomic mass is 16.6. The van der Waals surface area contributed by atoms with Gasteiger partial charge in [-0.2, -0.15) is 0 Å². The van der Waals surface area contributed by atoms with E-state index < -0.39 is 23.2 Å². The number of ether oxygens (including phenoxy) is 1. The number of aliphatic carboxylic acids is 1. The maximum atomic E-state index is 11.6. The second kappa shape index (κ2) is 4.20. The van der Waals surface area contributed by atoms with Crippen LogP contribution in [-0.2, 0) is 9.53 Å². The van der Waals surface area contributed by atoms with Crippen LogP contribution in [0.2, 0.25) is 0 Å². The van der Waals surface area contributed by atoms with Gasteiger partial charge >= 0.3 is 12.1 Å². The molecule has 0 saturated heterocycles. The molecule has 0 heterocycles. The normalized spacial score (nSPS) is 27.8. The topological polar surface area (TPSA) is 75.6 Å². The van der Waals surface area contributed by atoms with Gasteiger partial charge in [-0.1, -0.05) is 13.8 Å². The molecule has 17 heavy (non-hydrogen) atoms. The monoisotopic (exact) mass is 243 g/mol. The summed E-state index contributed by atoms with van der Waals surface area (Å²) in [6.07, 6.45) is -0.192. The van der Waals surface area contributed by atoms with Crippen LogP contribution in [0.15, 0.2) is 0 Å². The molecule has 0 aromatic rings. The Morgan fingerprint density at radius 3 is 2.24 bits per heavy atom. The van der Waals surface area contributed by atoms with Crippen LogP contribution in [0.3, 0.4) is 0 Å². The molecule has 0 aromatic carbocycles. The second-order valence-corrected chi connectivity index (χ2v) is 5.96. The Kier molecular flexibility index (Phi) is 3.41. The van der Waals surface area contributed by atoms with Crippen molar-refractivity contribution in [2.45, 2.75) is 52.2 Å². The lowest BCUT2D eigenvalue weighted by molar-refractivity contribution is -0.141. The van der Waals surface area contributed by atoms with Gasteiger partial charge in [-0.05, 0) is 39.0 Å². The zero-order valence-electron chi connectivity index (χ0n) is 11.0. The Bertz CT molecular complexity index is 332. The molecule has 2 N–H and O–H groups in total. The summed E-state index contributed by atoms with van der Waals surface area (Å²) in [5.74, 6) is -0.782. The number of alkyl carbamates (subject to hydrolysis) is 1. The average molecular weight is 243 g/mol. The van der Waals surface area contributed by atoms with Crippen LogP contribution in [0.25, 0.3) is 0 Å². The van der Waals surface area contributed by atoms with Crippen molar-refractivity contribution in [1.29, 1.82) is 0 Å². The van der Waals surface area contributed by atoms with E-state index in [4.69, 9.17) is 4.74 Å². The fraction of sp³-hybridized carbons (Fsp3) is 0.833. The summed E-state index contributed by atoms with van der Waals surface area (Å²) in [6.45, 7) is 9.13. The largest absolute Gasteiger partial charge is 0.479 e. The van der Waals surface area contributed by atoms with Gasteiger partial charge in [0.2, 0.25) is 0 Å². The first-order chi connectivity index (χ1) is 7.58. The van der Waals surface area contributed by atoms with E-state index in [-0.39, 0.29) is 11.8 Å². The average Bonchev–Trinajstić information content (AvgIpc) is 2.76. The fourth-order valence-electron chi connectivity index (χ4n) is 2.02. The van der Waals surface area contributed by atoms with Crippen molar-refractivity contribution in [3.8, 4) is 0 Å². The second-order valence-electron chi connectivity index (χ2n) is 5.96. The van der Waals surface area contributed by atoms with Gasteiger partial charge in [-0.3, -0.25) is 0 Å². The van der Waals surface area contributed by atoms with E-state index in [0.29, 0.717) is 6.42 Å². The van der Waals surface area contributed by atoms with Crippen LogP contribution >= 0.6 is 0 Å². The zero-order valence-corrected chi connectivity index (χ0v) is 11.0. The van der Waals surface area contributed by atoms with Crippen LogP contribution in [0.5, 0.6) is 0 Å². The number of hydrogen-bond donors (Lipinski definition) is 2. The highest BCUT2D eigenvalue weighted by Crippen LogP contribution is 2.48. The fourth-order valence-corrected chi connectivity index (χ4v) is 2.02. The summed E-state index contributed by atoms with van der Waals surface area (Å²) >= 11 is 0. The van der Waals surface area contributed by atoms with Gasteiger partial charge in [0.25, 0.3) is 0 Å². The van der Waals surface area contributed by atoms with Crippen molar-refractivity contribution in [3.05, 3.63) is 0 Å². The zero-order chi connectivity index (χ0) is 13.4. The molecule has 2 atom stereocenters. The third-order valence-corrected chi connectivity index (χ3v) is 2.93. The van der Waals surface area contributed by atoms with E-state index in [9.17, 15) is 14.7 Å². The molecule has 5 nitrogen and oxygen atoms in total. The molecule has 1 amide bonds. The Labute approximate surface area is 102 Å². The first-order valence-electron chi connectivity index (χ1n) is 5.83. The number of rotatable bonds is 3. The summed E-state index contributed by atoms with van der Waals surface area (Å²) in [7, 11) is 0. The lowest BCUT2D eigenvalue weighted by atomic mass is 10.0. The summed E-state index contributed by atoms with van der Waals surface area (Å²) in [5, 5.41) is 11.7. The maximum Gasteiger partial charge on any atom is 0.408 e. The van der Waals surface area contributed by atoms with E-state index in [2.05, 4.69) is 5.32 Å². The quantitative estimate of drug-likeness (QED) is 0.795. The van der Waals surface area contributed by atoms with Crippen molar-refractivity contribution < 1.29 is 19.4 Å². The SMILES string of the molecule is CC(C)[C@H]1C[C@@]1(NC(=O)OC(C)(C)C)C(=O)O. The minimum absolute atomic E-state index is 0.0208. The van der Waals surface area contributed by atoms with Crippen molar-refractivity contribution in [3.63, 3.8) is 0 Å². The number of nitrogens with one attached hydrogen (secondary N) is 1. The highest BCUT2D eigenvalue weighted by molar-refractivity contribution is 5.88. The molecule has 0 aliphatic heterocycles. The predicted octanol–water partition coefficient (Wildman–Crippen LogP) is 2.01. The molecule has 98 valence electrons. The predicted molar refractivity (Wildman–Crippen MR) is 62.7 cm³/mol. The number of carbonyl (C=O) groups excluding carboxylic acids is 1. The maximum absolute atomic E-state index is 11.6. The number of carboxylic acid groups (broad SMARTS) is 1. The van der Waals surface area contributed by atoms with Crippen molar-refractivity contribution in [2.75, 3.05) is 0 Å². The molecule has 0 unspecified atom stereocenters. The number of hydrogen-bond acceptors (Lipinski definition) is 3. The lowest BCUT2D eigenvalue weighted by Gasteiger charge is -2.22. The third kappa shape index (κ3) is 3.11. The van der Waals surface area contributed by atoms with E-state index in [1.54, 1.807) is 20.8 Å². The Morgan fingerprint density at radius 2 is 1.94 bits per heavy atom. The molecular weight excluding hydrogens is 222 g/mol. The molecule has 0 aromatic heterocycles. The molecule has 5 heteroatoms. The van der Waals surface area contributed by atoms with Gasteiger partial charge < -0.3 is 15.2 Å². The molecule has 0 radical (unpaired) electrons. The number of carbonyl (C=O) groups is 2. The molecule has 0 bridgehead atoms. The van der Waals surface area contributed by atoms with Crippen molar-refractivity contribution in [1.82, 2.24) is 5.32 Å². The minimum Gasteiger partial charge on any atom is -0.479 e. The smallest absolute Gasteiger partial charge is 0.408 e. The Hall–Kier alpha value is -1.26. The van der Waals surface area contributed by atoms with Crippen LogP contribution < -0.4 is 5.32 Å². The summed E-state index contributed by atoms with van der Waals surface area (Å²) in [6, 6.07) is 0. The molecule has 1 aliphatic carbocycles. The lowest BCUT2D eigenvalue weighted by Crippen LogP contribution is -2.47. The Morgan fingerprint density at radius 1 is 1.41 bits per heavy atom. The van der Waals surface area contributed by atoms with Crippen LogP contribution in [0.4, 0.5) is 4.79 Å². The molecular formula is C12H21NO4. The van der Waals surface area contributed by atoms with Crippen LogP contribution in [-0.4, -0.2) is 28.3 Å². The van der Waals surface area contributed by atoms with Gasteiger partial charge in [0.1, 0.15) is 11.1 Å². The van der Waals surface area contributed by atoms with Gasteiger partial charge in [0, 0.05) is 0 Å². The van der Waals surface area contributed by atoms with Crippen LogP contribution in [0, 0.1) is 11.8 Å². The van der Waals surface area contributed by atoms with Gasteiger partial charge in [-0.25, -0.2) is 9.59 Å². The van der Waals surface area contributed by atoms with Gasteiger partial charge in [-0.15, -0.1) is 0 Å². The highest BCUT2D eigenvalue weighted by Gasteiger charge is 2.63. The first-order valence-corrected chi connectivity index (χ1v) is 5.83. The van der Waals surface area contributed by atoms with E-state index >= 15 is 0 Å². The minimum atomic E-state index is -1.13. The number of carboxylic acids is 1. The Balaban J connectivity index is 2.66. The van der Waals surface area contributed by atoms with E-state index in [0.717, 1.165) is 0 Å². The molecule has 1 aliphatic rings. The van der Waals surface area contributed by atoms with Gasteiger partial charge in [0.05, 0.1) is 0 Å². The van der Waals surface area contributed by atoms with E-state index in [1.165, 1.54) is 0 Å². The summed E-state index contributed by atoms with van der Waals surface area (Å²) in [5.41, 5.74) is -1.75. The van der Waals surface area contributed by atoms with Crippen LogP contribution in [0.1, 0.15) is 41.0 Å².